The molecule has 2 heterocycles. The minimum absolute atomic E-state index is 0.159. The Bertz CT molecular complexity index is 639. The van der Waals surface area contributed by atoms with Crippen molar-refractivity contribution >= 4 is 0 Å². The molecule has 0 amide bonds. The lowest BCUT2D eigenvalue weighted by Crippen LogP contribution is -2.44. The van der Waals surface area contributed by atoms with Crippen molar-refractivity contribution in [2.24, 2.45) is 5.92 Å². The van der Waals surface area contributed by atoms with Crippen molar-refractivity contribution in [1.82, 2.24) is 19.6 Å². The van der Waals surface area contributed by atoms with Gasteiger partial charge >= 0.3 is 0 Å². The second-order valence-electron chi connectivity index (χ2n) is 7.69. The average molecular weight is 359 g/mol. The Balaban J connectivity index is 1.57. The van der Waals surface area contributed by atoms with Gasteiger partial charge in [-0.3, -0.25) is 9.58 Å². The summed E-state index contributed by atoms with van der Waals surface area (Å²) in [5, 5.41) is 4.29. The van der Waals surface area contributed by atoms with Gasteiger partial charge in [-0.1, -0.05) is 26.0 Å². The van der Waals surface area contributed by atoms with Gasteiger partial charge in [0.1, 0.15) is 5.82 Å². The molecule has 0 radical (unpaired) electrons. The van der Waals surface area contributed by atoms with Gasteiger partial charge in [0.15, 0.2) is 0 Å². The molecule has 0 bridgehead atoms. The maximum atomic E-state index is 13.2. The van der Waals surface area contributed by atoms with E-state index in [9.17, 15) is 4.39 Å². The zero-order valence-corrected chi connectivity index (χ0v) is 16.0. The normalized spacial score (nSPS) is 19.8. The van der Waals surface area contributed by atoms with Crippen LogP contribution < -0.4 is 0 Å². The lowest BCUT2D eigenvalue weighted by molar-refractivity contribution is 0.131. The molecule has 2 aromatic rings. The molecule has 1 aliphatic heterocycles. The molecule has 1 fully saturated rings. The topological polar surface area (TPSA) is 24.3 Å². The van der Waals surface area contributed by atoms with Crippen LogP contribution in [0.4, 0.5) is 4.39 Å². The summed E-state index contributed by atoms with van der Waals surface area (Å²) < 4.78 is 15.2. The van der Waals surface area contributed by atoms with Crippen molar-refractivity contribution < 1.29 is 4.39 Å². The lowest BCUT2D eigenvalue weighted by atomic mass is 10.0. The third-order valence-electron chi connectivity index (χ3n) is 5.32. The molecule has 3 rings (SSSR count). The van der Waals surface area contributed by atoms with Gasteiger partial charge in [-0.25, -0.2) is 4.39 Å². The Morgan fingerprint density at radius 3 is 2.65 bits per heavy atom. The summed E-state index contributed by atoms with van der Waals surface area (Å²) in [5.74, 6) is 0.440. The molecule has 1 aliphatic rings. The fourth-order valence-corrected chi connectivity index (χ4v) is 3.88. The smallest absolute Gasteiger partial charge is 0.123 e. The number of aryl methyl sites for hydroxylation is 1. The molecule has 1 aromatic heterocycles. The first-order valence-corrected chi connectivity index (χ1v) is 9.80. The molecular formula is C21H31FN4. The summed E-state index contributed by atoms with van der Waals surface area (Å²) in [6.45, 7) is 11.0. The van der Waals surface area contributed by atoms with E-state index in [4.69, 9.17) is 0 Å². The van der Waals surface area contributed by atoms with Crippen LogP contribution in [0.3, 0.4) is 0 Å². The molecule has 1 atom stereocenters. The maximum absolute atomic E-state index is 13.2. The van der Waals surface area contributed by atoms with E-state index in [1.54, 1.807) is 12.1 Å². The molecule has 26 heavy (non-hydrogen) atoms. The number of hydrogen-bond donors (Lipinski definition) is 0. The van der Waals surface area contributed by atoms with Crippen LogP contribution in [0.15, 0.2) is 42.7 Å². The van der Waals surface area contributed by atoms with Gasteiger partial charge in [-0.2, -0.15) is 5.10 Å². The second kappa shape index (κ2) is 9.28. The first-order chi connectivity index (χ1) is 12.6. The highest BCUT2D eigenvalue weighted by molar-refractivity contribution is 5.16. The highest BCUT2D eigenvalue weighted by Gasteiger charge is 2.27. The number of halogens is 1. The van der Waals surface area contributed by atoms with E-state index in [2.05, 4.69) is 28.7 Å². The van der Waals surface area contributed by atoms with E-state index in [1.807, 2.05) is 35.3 Å². The van der Waals surface area contributed by atoms with Gasteiger partial charge < -0.3 is 4.90 Å². The van der Waals surface area contributed by atoms with E-state index in [1.165, 1.54) is 12.0 Å². The molecule has 1 aromatic carbocycles. The number of hydrogen-bond acceptors (Lipinski definition) is 3. The van der Waals surface area contributed by atoms with Crippen molar-refractivity contribution in [2.75, 3.05) is 26.2 Å². The van der Waals surface area contributed by atoms with Gasteiger partial charge in [-0.15, -0.1) is 0 Å². The summed E-state index contributed by atoms with van der Waals surface area (Å²) in [6, 6.07) is 9.48. The van der Waals surface area contributed by atoms with Crippen LogP contribution in [-0.4, -0.2) is 51.8 Å². The molecule has 0 saturated carbocycles. The molecule has 4 nitrogen and oxygen atoms in total. The fraction of sp³-hybridized carbons (Fsp3) is 0.571. The Hall–Kier alpha value is -1.72. The van der Waals surface area contributed by atoms with Gasteiger partial charge in [0, 0.05) is 44.6 Å². The Labute approximate surface area is 156 Å². The van der Waals surface area contributed by atoms with Crippen LogP contribution in [0.2, 0.25) is 0 Å². The van der Waals surface area contributed by atoms with Gasteiger partial charge in [0.25, 0.3) is 0 Å². The number of aromatic nitrogens is 2. The van der Waals surface area contributed by atoms with E-state index < -0.39 is 0 Å². The van der Waals surface area contributed by atoms with E-state index in [0.29, 0.717) is 12.0 Å². The lowest BCUT2D eigenvalue weighted by Gasteiger charge is -2.34. The van der Waals surface area contributed by atoms with Crippen molar-refractivity contribution in [2.45, 2.75) is 45.8 Å². The average Bonchev–Trinajstić information content (AvgIpc) is 3.05. The molecular weight excluding hydrogens is 327 g/mol. The first-order valence-electron chi connectivity index (χ1n) is 9.80. The van der Waals surface area contributed by atoms with Crippen LogP contribution >= 0.6 is 0 Å². The van der Waals surface area contributed by atoms with Gasteiger partial charge in [0.05, 0.1) is 0 Å². The molecule has 0 aliphatic carbocycles. The third-order valence-corrected chi connectivity index (χ3v) is 5.32. The fourth-order valence-electron chi connectivity index (χ4n) is 3.88. The minimum Gasteiger partial charge on any atom is -0.302 e. The van der Waals surface area contributed by atoms with Crippen molar-refractivity contribution in [3.63, 3.8) is 0 Å². The predicted molar refractivity (Wildman–Crippen MR) is 103 cm³/mol. The summed E-state index contributed by atoms with van der Waals surface area (Å²) >= 11 is 0. The summed E-state index contributed by atoms with van der Waals surface area (Å²) in [7, 11) is 0. The monoisotopic (exact) mass is 358 g/mol. The van der Waals surface area contributed by atoms with Gasteiger partial charge in [-0.05, 0) is 55.6 Å². The molecule has 0 spiro atoms. The first kappa shape index (κ1) is 19.1. The summed E-state index contributed by atoms with van der Waals surface area (Å²) in [6.07, 6.45) is 6.19. The van der Waals surface area contributed by atoms with E-state index in [-0.39, 0.29) is 5.82 Å². The van der Waals surface area contributed by atoms with Crippen LogP contribution in [0.5, 0.6) is 0 Å². The number of nitrogens with zero attached hydrogens (tertiary/aromatic N) is 4. The van der Waals surface area contributed by atoms with Gasteiger partial charge in [0.2, 0.25) is 0 Å². The number of rotatable bonds is 7. The largest absolute Gasteiger partial charge is 0.302 e. The molecule has 0 unspecified atom stereocenters. The van der Waals surface area contributed by atoms with Crippen LogP contribution in [0.25, 0.3) is 0 Å². The van der Waals surface area contributed by atoms with Crippen molar-refractivity contribution in [3.8, 4) is 0 Å². The SMILES string of the molecule is CC(C)[C@H]1CN(CCCn2cccn2)CCCN1Cc1ccc(F)cc1. The highest BCUT2D eigenvalue weighted by atomic mass is 19.1. The predicted octanol–water partition coefficient (Wildman–Crippen LogP) is 3.64. The highest BCUT2D eigenvalue weighted by Crippen LogP contribution is 2.20. The van der Waals surface area contributed by atoms with E-state index >= 15 is 0 Å². The Kier molecular flexibility index (Phi) is 6.80. The zero-order valence-electron chi connectivity index (χ0n) is 16.0. The third kappa shape index (κ3) is 5.39. The standard InChI is InChI=1S/C21H31FN4/c1-18(2)21-17-24(12-5-15-26-14-3-10-23-26)11-4-13-25(21)16-19-6-8-20(22)9-7-19/h3,6-10,14,18,21H,4-5,11-13,15-17H2,1-2H3/t21-/m1/s1. The van der Waals surface area contributed by atoms with Crippen LogP contribution in [0, 0.1) is 11.7 Å². The molecule has 142 valence electrons. The minimum atomic E-state index is -0.159. The zero-order chi connectivity index (χ0) is 18.4. The maximum Gasteiger partial charge on any atom is 0.123 e. The van der Waals surface area contributed by atoms with E-state index in [0.717, 1.165) is 45.7 Å². The van der Waals surface area contributed by atoms with Crippen LogP contribution in [-0.2, 0) is 13.1 Å². The summed E-state index contributed by atoms with van der Waals surface area (Å²) in [5.41, 5.74) is 1.20. The number of benzene rings is 1. The van der Waals surface area contributed by atoms with Crippen molar-refractivity contribution in [3.05, 3.63) is 54.1 Å². The Morgan fingerprint density at radius 1 is 1.15 bits per heavy atom. The quantitative estimate of drug-likeness (QED) is 0.755. The molecule has 1 saturated heterocycles. The second-order valence-corrected chi connectivity index (χ2v) is 7.69. The Morgan fingerprint density at radius 2 is 1.96 bits per heavy atom. The summed E-state index contributed by atoms with van der Waals surface area (Å²) in [4.78, 5) is 5.20. The van der Waals surface area contributed by atoms with Crippen LogP contribution in [0.1, 0.15) is 32.3 Å². The molecule has 0 N–H and O–H groups in total. The molecule has 5 heteroatoms. The van der Waals surface area contributed by atoms with Crippen molar-refractivity contribution in [1.29, 1.82) is 0 Å².